The van der Waals surface area contributed by atoms with Crippen LogP contribution in [0.25, 0.3) is 11.1 Å². The molecule has 0 aliphatic rings. The second kappa shape index (κ2) is 10.1. The zero-order valence-electron chi connectivity index (χ0n) is 17.0. The standard InChI is InChI=1S/C24H24N2O4/c1-29-20-11-8-18(9-12-20)21-15-19(10-13-22(21)30-2)26-24(28)16-25-23(27)14-17-6-4-3-5-7-17/h3-13,15H,14,16H2,1-2H3,(H,25,27)(H,26,28). The van der Waals surface area contributed by atoms with Crippen LogP contribution in [0.5, 0.6) is 11.5 Å². The summed E-state index contributed by atoms with van der Waals surface area (Å²) in [5, 5.41) is 5.45. The molecule has 3 rings (SSSR count). The molecule has 0 aliphatic carbocycles. The van der Waals surface area contributed by atoms with Crippen LogP contribution < -0.4 is 20.1 Å². The third-order valence-corrected chi connectivity index (χ3v) is 4.54. The lowest BCUT2D eigenvalue weighted by atomic mass is 10.0. The predicted molar refractivity (Wildman–Crippen MR) is 117 cm³/mol. The van der Waals surface area contributed by atoms with Gasteiger partial charge in [-0.05, 0) is 41.5 Å². The summed E-state index contributed by atoms with van der Waals surface area (Å²) >= 11 is 0. The van der Waals surface area contributed by atoms with E-state index in [2.05, 4.69) is 10.6 Å². The number of carbonyl (C=O) groups is 2. The molecule has 0 unspecified atom stereocenters. The third-order valence-electron chi connectivity index (χ3n) is 4.54. The number of ether oxygens (including phenoxy) is 2. The van der Waals surface area contributed by atoms with Gasteiger partial charge < -0.3 is 20.1 Å². The predicted octanol–water partition coefficient (Wildman–Crippen LogP) is 3.67. The first kappa shape index (κ1) is 20.9. The molecule has 2 N–H and O–H groups in total. The molecule has 0 spiro atoms. The van der Waals surface area contributed by atoms with Gasteiger partial charge in [0.05, 0.1) is 27.2 Å². The monoisotopic (exact) mass is 404 g/mol. The number of amides is 2. The van der Waals surface area contributed by atoms with E-state index in [0.717, 1.165) is 22.4 Å². The number of rotatable bonds is 8. The number of carbonyl (C=O) groups excluding carboxylic acids is 2. The van der Waals surface area contributed by atoms with Gasteiger partial charge in [-0.1, -0.05) is 42.5 Å². The second-order valence-electron chi connectivity index (χ2n) is 6.63. The van der Waals surface area contributed by atoms with Crippen LogP contribution in [0.1, 0.15) is 5.56 Å². The summed E-state index contributed by atoms with van der Waals surface area (Å²) in [4.78, 5) is 24.3. The van der Waals surface area contributed by atoms with Crippen LogP contribution >= 0.6 is 0 Å². The van der Waals surface area contributed by atoms with Gasteiger partial charge >= 0.3 is 0 Å². The van der Waals surface area contributed by atoms with Crippen molar-refractivity contribution < 1.29 is 19.1 Å². The lowest BCUT2D eigenvalue weighted by molar-refractivity contribution is -0.123. The zero-order valence-corrected chi connectivity index (χ0v) is 17.0. The van der Waals surface area contributed by atoms with Crippen molar-refractivity contribution in [3.8, 4) is 22.6 Å². The molecule has 0 atom stereocenters. The quantitative estimate of drug-likeness (QED) is 0.601. The van der Waals surface area contributed by atoms with E-state index in [1.54, 1.807) is 26.4 Å². The van der Waals surface area contributed by atoms with E-state index in [0.29, 0.717) is 11.4 Å². The molecule has 0 fully saturated rings. The number of hydrogen-bond acceptors (Lipinski definition) is 4. The van der Waals surface area contributed by atoms with E-state index < -0.39 is 0 Å². The first-order valence-corrected chi connectivity index (χ1v) is 9.52. The van der Waals surface area contributed by atoms with Crippen LogP contribution in [0.2, 0.25) is 0 Å². The lowest BCUT2D eigenvalue weighted by Crippen LogP contribution is -2.33. The maximum Gasteiger partial charge on any atom is 0.243 e. The van der Waals surface area contributed by atoms with Crippen LogP contribution in [-0.2, 0) is 16.0 Å². The van der Waals surface area contributed by atoms with Gasteiger partial charge in [0.15, 0.2) is 0 Å². The van der Waals surface area contributed by atoms with E-state index in [9.17, 15) is 9.59 Å². The van der Waals surface area contributed by atoms with Crippen LogP contribution in [-0.4, -0.2) is 32.6 Å². The van der Waals surface area contributed by atoms with Gasteiger partial charge in [0, 0.05) is 11.3 Å². The smallest absolute Gasteiger partial charge is 0.243 e. The number of nitrogens with one attached hydrogen (secondary N) is 2. The topological polar surface area (TPSA) is 76.7 Å². The van der Waals surface area contributed by atoms with Crippen LogP contribution in [0.4, 0.5) is 5.69 Å². The molecule has 30 heavy (non-hydrogen) atoms. The fraction of sp³-hybridized carbons (Fsp3) is 0.167. The molecule has 6 heteroatoms. The van der Waals surface area contributed by atoms with Crippen LogP contribution in [0.15, 0.2) is 72.8 Å². The van der Waals surface area contributed by atoms with Crippen molar-refractivity contribution >= 4 is 17.5 Å². The Labute approximate surface area is 175 Å². The highest BCUT2D eigenvalue weighted by Gasteiger charge is 2.11. The van der Waals surface area contributed by atoms with Crippen molar-refractivity contribution in [2.24, 2.45) is 0 Å². The molecule has 154 valence electrons. The summed E-state index contributed by atoms with van der Waals surface area (Å²) in [5.74, 6) is 0.940. The summed E-state index contributed by atoms with van der Waals surface area (Å²) in [5.41, 5.74) is 3.28. The molecule has 0 aliphatic heterocycles. The fourth-order valence-corrected chi connectivity index (χ4v) is 3.01. The molecule has 0 saturated heterocycles. The molecule has 0 saturated carbocycles. The first-order chi connectivity index (χ1) is 14.6. The van der Waals surface area contributed by atoms with Gasteiger partial charge in [0.1, 0.15) is 11.5 Å². The van der Waals surface area contributed by atoms with E-state index in [-0.39, 0.29) is 24.8 Å². The largest absolute Gasteiger partial charge is 0.497 e. The van der Waals surface area contributed by atoms with Crippen molar-refractivity contribution in [2.45, 2.75) is 6.42 Å². The minimum Gasteiger partial charge on any atom is -0.497 e. The number of hydrogen-bond donors (Lipinski definition) is 2. The van der Waals surface area contributed by atoms with Crippen molar-refractivity contribution in [3.63, 3.8) is 0 Å². The lowest BCUT2D eigenvalue weighted by Gasteiger charge is -2.13. The Hall–Kier alpha value is -3.80. The molecule has 3 aromatic rings. The molecule has 0 aromatic heterocycles. The molecule has 2 amide bonds. The Morgan fingerprint density at radius 3 is 2.23 bits per heavy atom. The van der Waals surface area contributed by atoms with Gasteiger partial charge in [-0.15, -0.1) is 0 Å². The number of anilines is 1. The summed E-state index contributed by atoms with van der Waals surface area (Å²) in [6.07, 6.45) is 0.234. The average Bonchev–Trinajstić information content (AvgIpc) is 2.78. The van der Waals surface area contributed by atoms with Crippen molar-refractivity contribution in [3.05, 3.63) is 78.4 Å². The average molecular weight is 404 g/mol. The molecule has 0 radical (unpaired) electrons. The maximum atomic E-state index is 12.3. The SMILES string of the molecule is COc1ccc(-c2cc(NC(=O)CNC(=O)Cc3ccccc3)ccc2OC)cc1. The van der Waals surface area contributed by atoms with E-state index in [1.165, 1.54) is 0 Å². The fourth-order valence-electron chi connectivity index (χ4n) is 3.01. The Morgan fingerprint density at radius 1 is 0.833 bits per heavy atom. The Morgan fingerprint density at radius 2 is 1.57 bits per heavy atom. The van der Waals surface area contributed by atoms with Crippen LogP contribution in [0.3, 0.4) is 0 Å². The van der Waals surface area contributed by atoms with Crippen molar-refractivity contribution in [2.75, 3.05) is 26.1 Å². The Balaban J connectivity index is 1.62. The summed E-state index contributed by atoms with van der Waals surface area (Å²) in [7, 11) is 3.22. The Kier molecular flexibility index (Phi) is 7.05. The molecule has 0 heterocycles. The van der Waals surface area contributed by atoms with Crippen molar-refractivity contribution in [1.82, 2.24) is 5.32 Å². The molecule has 3 aromatic carbocycles. The molecular weight excluding hydrogens is 380 g/mol. The highest BCUT2D eigenvalue weighted by Crippen LogP contribution is 2.33. The highest BCUT2D eigenvalue weighted by molar-refractivity contribution is 5.95. The minimum atomic E-state index is -0.303. The van der Waals surface area contributed by atoms with Gasteiger partial charge in [-0.25, -0.2) is 0 Å². The first-order valence-electron chi connectivity index (χ1n) is 9.52. The molecule has 0 bridgehead atoms. The van der Waals surface area contributed by atoms with Crippen molar-refractivity contribution in [1.29, 1.82) is 0 Å². The van der Waals surface area contributed by atoms with E-state index in [4.69, 9.17) is 9.47 Å². The summed E-state index contributed by atoms with van der Waals surface area (Å²) in [6, 6.07) is 22.4. The zero-order chi connectivity index (χ0) is 21.3. The number of benzene rings is 3. The maximum absolute atomic E-state index is 12.3. The highest BCUT2D eigenvalue weighted by atomic mass is 16.5. The third kappa shape index (κ3) is 5.61. The van der Waals surface area contributed by atoms with Gasteiger partial charge in [0.2, 0.25) is 11.8 Å². The van der Waals surface area contributed by atoms with Gasteiger partial charge in [-0.2, -0.15) is 0 Å². The van der Waals surface area contributed by atoms with Crippen LogP contribution in [0, 0.1) is 0 Å². The van der Waals surface area contributed by atoms with Gasteiger partial charge in [0.25, 0.3) is 0 Å². The van der Waals surface area contributed by atoms with E-state index in [1.807, 2.05) is 60.7 Å². The van der Waals surface area contributed by atoms with E-state index >= 15 is 0 Å². The normalized spacial score (nSPS) is 10.2. The minimum absolute atomic E-state index is 0.102. The van der Waals surface area contributed by atoms with Gasteiger partial charge in [-0.3, -0.25) is 9.59 Å². The Bertz CT molecular complexity index is 1000. The second-order valence-corrected chi connectivity index (χ2v) is 6.63. The number of methoxy groups -OCH3 is 2. The molecule has 6 nitrogen and oxygen atoms in total. The summed E-state index contributed by atoms with van der Waals surface area (Å²) in [6.45, 7) is -0.102. The summed E-state index contributed by atoms with van der Waals surface area (Å²) < 4.78 is 10.6. The molecular formula is C24H24N2O4.